The first kappa shape index (κ1) is 15.1. The van der Waals surface area contributed by atoms with Crippen LogP contribution in [0.4, 0.5) is 0 Å². The zero-order valence-electron chi connectivity index (χ0n) is 13.3. The van der Waals surface area contributed by atoms with Crippen molar-refractivity contribution >= 4 is 17.8 Å². The van der Waals surface area contributed by atoms with Crippen LogP contribution in [0.25, 0.3) is 0 Å². The Morgan fingerprint density at radius 2 is 1.67 bits per heavy atom. The molecule has 4 atom stereocenters. The van der Waals surface area contributed by atoms with E-state index in [1.165, 1.54) is 4.90 Å². The largest absolute Gasteiger partial charge is 0.464 e. The van der Waals surface area contributed by atoms with E-state index >= 15 is 0 Å². The number of imide groups is 1. The van der Waals surface area contributed by atoms with Crippen LogP contribution in [0.1, 0.15) is 12.0 Å². The lowest BCUT2D eigenvalue weighted by atomic mass is 9.85. The van der Waals surface area contributed by atoms with E-state index < -0.39 is 0 Å². The number of carbonyl (C=O) groups is 3. The standard InChI is InChI=1S/C19H19NO4/c21-15(10-12-4-2-1-3-5-12)24-9-8-20-18(22)16-13-6-7-14(11-13)17(16)19(20)23/h1-7,13-14,16-17H,8-11H2. The van der Waals surface area contributed by atoms with Gasteiger partial charge in [-0.3, -0.25) is 19.3 Å². The molecular weight excluding hydrogens is 306 g/mol. The normalized spacial score (nSPS) is 30.1. The lowest BCUT2D eigenvalue weighted by molar-refractivity contribution is -0.148. The van der Waals surface area contributed by atoms with Gasteiger partial charge in [-0.1, -0.05) is 42.5 Å². The van der Waals surface area contributed by atoms with E-state index in [0.717, 1.165) is 12.0 Å². The number of likely N-dealkylation sites (tertiary alicyclic amines) is 1. The quantitative estimate of drug-likeness (QED) is 0.468. The van der Waals surface area contributed by atoms with Gasteiger partial charge in [-0.15, -0.1) is 0 Å². The fraction of sp³-hybridized carbons (Fsp3) is 0.421. The molecule has 2 amide bonds. The molecule has 5 heteroatoms. The Bertz CT molecular complexity index is 681. The number of rotatable bonds is 5. The number of nitrogens with zero attached hydrogens (tertiary/aromatic N) is 1. The number of hydrogen-bond acceptors (Lipinski definition) is 4. The highest BCUT2D eigenvalue weighted by molar-refractivity contribution is 6.06. The highest BCUT2D eigenvalue weighted by Gasteiger charge is 2.59. The van der Waals surface area contributed by atoms with Gasteiger partial charge in [0.25, 0.3) is 0 Å². The maximum atomic E-state index is 12.5. The van der Waals surface area contributed by atoms with Gasteiger partial charge in [-0.25, -0.2) is 0 Å². The van der Waals surface area contributed by atoms with E-state index in [9.17, 15) is 14.4 Å². The first-order valence-electron chi connectivity index (χ1n) is 8.38. The minimum Gasteiger partial charge on any atom is -0.464 e. The SMILES string of the molecule is O=C(Cc1ccccc1)OCCN1C(=O)C2C3C=CC(C3)C2C1=O. The summed E-state index contributed by atoms with van der Waals surface area (Å²) < 4.78 is 5.20. The molecule has 4 unspecified atom stereocenters. The summed E-state index contributed by atoms with van der Waals surface area (Å²) in [5, 5.41) is 0. The van der Waals surface area contributed by atoms with Crippen LogP contribution in [0.3, 0.4) is 0 Å². The molecule has 1 saturated carbocycles. The molecule has 1 aromatic carbocycles. The molecule has 1 aliphatic heterocycles. The number of ether oxygens (including phenoxy) is 1. The molecule has 0 aromatic heterocycles. The van der Waals surface area contributed by atoms with Crippen LogP contribution in [0.15, 0.2) is 42.5 Å². The van der Waals surface area contributed by atoms with Crippen molar-refractivity contribution in [3.8, 4) is 0 Å². The molecule has 2 aliphatic carbocycles. The summed E-state index contributed by atoms with van der Waals surface area (Å²) in [6.07, 6.45) is 5.26. The summed E-state index contributed by atoms with van der Waals surface area (Å²) in [5.41, 5.74) is 0.882. The van der Waals surface area contributed by atoms with E-state index in [-0.39, 0.29) is 61.0 Å². The molecule has 1 aromatic rings. The van der Waals surface area contributed by atoms with Crippen LogP contribution in [0, 0.1) is 23.7 Å². The van der Waals surface area contributed by atoms with E-state index in [0.29, 0.717) is 0 Å². The van der Waals surface area contributed by atoms with Crippen molar-refractivity contribution in [2.75, 3.05) is 13.2 Å². The van der Waals surface area contributed by atoms with Crippen LogP contribution >= 0.6 is 0 Å². The number of hydrogen-bond donors (Lipinski definition) is 0. The van der Waals surface area contributed by atoms with Crippen molar-refractivity contribution in [1.82, 2.24) is 4.90 Å². The Balaban J connectivity index is 1.30. The predicted octanol–water partition coefficient (Wildman–Crippen LogP) is 1.58. The second-order valence-corrected chi connectivity index (χ2v) is 6.71. The van der Waals surface area contributed by atoms with Crippen molar-refractivity contribution in [2.45, 2.75) is 12.8 Å². The fourth-order valence-corrected chi connectivity index (χ4v) is 4.25. The first-order chi connectivity index (χ1) is 11.6. The Hall–Kier alpha value is -2.43. The number of esters is 1. The van der Waals surface area contributed by atoms with Gasteiger partial charge in [0.2, 0.25) is 11.8 Å². The Kier molecular flexibility index (Phi) is 3.71. The van der Waals surface area contributed by atoms with Gasteiger partial charge < -0.3 is 4.74 Å². The average Bonchev–Trinajstić information content (AvgIpc) is 3.25. The number of carbonyl (C=O) groups excluding carboxylic acids is 3. The summed E-state index contributed by atoms with van der Waals surface area (Å²) in [6.45, 7) is 0.218. The highest BCUT2D eigenvalue weighted by Crippen LogP contribution is 2.52. The second kappa shape index (κ2) is 5.89. The maximum Gasteiger partial charge on any atom is 0.310 e. The predicted molar refractivity (Wildman–Crippen MR) is 85.5 cm³/mol. The molecule has 124 valence electrons. The van der Waals surface area contributed by atoms with E-state index in [1.807, 2.05) is 30.3 Å². The summed E-state index contributed by atoms with van der Waals surface area (Å²) in [4.78, 5) is 38.1. The van der Waals surface area contributed by atoms with Crippen molar-refractivity contribution in [3.05, 3.63) is 48.0 Å². The molecule has 4 rings (SSSR count). The van der Waals surface area contributed by atoms with Gasteiger partial charge >= 0.3 is 5.97 Å². The van der Waals surface area contributed by atoms with Crippen LogP contribution < -0.4 is 0 Å². The van der Waals surface area contributed by atoms with Crippen LogP contribution in [0.5, 0.6) is 0 Å². The van der Waals surface area contributed by atoms with E-state index in [2.05, 4.69) is 12.2 Å². The summed E-state index contributed by atoms with van der Waals surface area (Å²) in [6, 6.07) is 9.34. The Morgan fingerprint density at radius 1 is 1.04 bits per heavy atom. The first-order valence-corrected chi connectivity index (χ1v) is 8.38. The van der Waals surface area contributed by atoms with Gasteiger partial charge in [0, 0.05) is 0 Å². The van der Waals surface area contributed by atoms with Crippen LogP contribution in [-0.2, 0) is 25.5 Å². The molecule has 1 saturated heterocycles. The van der Waals surface area contributed by atoms with Gasteiger partial charge in [0.1, 0.15) is 6.61 Å². The average molecular weight is 325 g/mol. The highest BCUT2D eigenvalue weighted by atomic mass is 16.5. The minimum absolute atomic E-state index is 0.0609. The van der Waals surface area contributed by atoms with Crippen molar-refractivity contribution in [1.29, 1.82) is 0 Å². The minimum atomic E-state index is -0.345. The maximum absolute atomic E-state index is 12.5. The van der Waals surface area contributed by atoms with Gasteiger partial charge in [-0.2, -0.15) is 0 Å². The molecule has 1 heterocycles. The lowest BCUT2D eigenvalue weighted by Gasteiger charge is -2.17. The number of fused-ring (bicyclic) bond motifs is 5. The number of benzene rings is 1. The van der Waals surface area contributed by atoms with E-state index in [1.54, 1.807) is 0 Å². The van der Waals surface area contributed by atoms with Crippen molar-refractivity contribution in [2.24, 2.45) is 23.7 Å². The van der Waals surface area contributed by atoms with Crippen molar-refractivity contribution in [3.63, 3.8) is 0 Å². The Labute approximate surface area is 140 Å². The van der Waals surface area contributed by atoms with E-state index in [4.69, 9.17) is 4.74 Å². The zero-order chi connectivity index (χ0) is 16.7. The monoisotopic (exact) mass is 325 g/mol. The zero-order valence-corrected chi connectivity index (χ0v) is 13.3. The Morgan fingerprint density at radius 3 is 2.29 bits per heavy atom. The smallest absolute Gasteiger partial charge is 0.310 e. The third-order valence-electron chi connectivity index (χ3n) is 5.33. The molecule has 5 nitrogen and oxygen atoms in total. The molecule has 2 fully saturated rings. The molecule has 3 aliphatic rings. The third-order valence-corrected chi connectivity index (χ3v) is 5.33. The van der Waals surface area contributed by atoms with Gasteiger partial charge in [0.15, 0.2) is 0 Å². The summed E-state index contributed by atoms with van der Waals surface area (Å²) in [5.74, 6) is -0.492. The molecule has 0 radical (unpaired) electrons. The second-order valence-electron chi connectivity index (χ2n) is 6.71. The number of amides is 2. The lowest BCUT2D eigenvalue weighted by Crippen LogP contribution is -2.36. The fourth-order valence-electron chi connectivity index (χ4n) is 4.25. The topological polar surface area (TPSA) is 63.7 Å². The summed E-state index contributed by atoms with van der Waals surface area (Å²) >= 11 is 0. The van der Waals surface area contributed by atoms with Crippen molar-refractivity contribution < 1.29 is 19.1 Å². The summed E-state index contributed by atoms with van der Waals surface area (Å²) in [7, 11) is 0. The van der Waals surface area contributed by atoms with Gasteiger partial charge in [-0.05, 0) is 23.8 Å². The molecule has 24 heavy (non-hydrogen) atoms. The van der Waals surface area contributed by atoms with Crippen LogP contribution in [0.2, 0.25) is 0 Å². The molecular formula is C19H19NO4. The molecule has 2 bridgehead atoms. The molecule has 0 spiro atoms. The number of allylic oxidation sites excluding steroid dienone is 2. The molecule has 0 N–H and O–H groups in total. The van der Waals surface area contributed by atoms with Gasteiger partial charge in [0.05, 0.1) is 24.8 Å². The third kappa shape index (κ3) is 2.44. The van der Waals surface area contributed by atoms with Crippen LogP contribution in [-0.4, -0.2) is 35.8 Å².